The van der Waals surface area contributed by atoms with Gasteiger partial charge in [0.15, 0.2) is 5.82 Å². The molecule has 1 amide bonds. The second kappa shape index (κ2) is 7.38. The summed E-state index contributed by atoms with van der Waals surface area (Å²) < 4.78 is 0. The Kier molecular flexibility index (Phi) is 5.51. The molecular formula is C15H20ClN5O. The molecule has 118 valence electrons. The van der Waals surface area contributed by atoms with Gasteiger partial charge in [0, 0.05) is 23.2 Å². The molecule has 3 rings (SSSR count). The van der Waals surface area contributed by atoms with E-state index in [0.717, 1.165) is 36.9 Å². The Labute approximate surface area is 135 Å². The number of halogens is 1. The molecule has 2 aromatic rings. The first-order valence-corrected chi connectivity index (χ1v) is 7.24. The highest BCUT2D eigenvalue weighted by Gasteiger charge is 2.25. The lowest BCUT2D eigenvalue weighted by atomic mass is 9.85. The van der Waals surface area contributed by atoms with Crippen LogP contribution in [0.25, 0.3) is 11.4 Å². The minimum Gasteiger partial charge on any atom is -0.328 e. The van der Waals surface area contributed by atoms with Crippen molar-refractivity contribution in [3.05, 3.63) is 30.6 Å². The molecule has 1 saturated carbocycles. The average Bonchev–Trinajstić information content (AvgIpc) is 3.02. The molecule has 2 atom stereocenters. The first-order valence-electron chi connectivity index (χ1n) is 7.24. The van der Waals surface area contributed by atoms with Crippen LogP contribution in [0, 0.1) is 5.92 Å². The second-order valence-corrected chi connectivity index (χ2v) is 5.52. The van der Waals surface area contributed by atoms with E-state index in [0.29, 0.717) is 5.82 Å². The lowest BCUT2D eigenvalue weighted by Crippen LogP contribution is -2.34. The van der Waals surface area contributed by atoms with Crippen molar-refractivity contribution in [1.82, 2.24) is 15.2 Å². The van der Waals surface area contributed by atoms with E-state index < -0.39 is 0 Å². The third kappa shape index (κ3) is 3.84. The molecule has 0 saturated heterocycles. The van der Waals surface area contributed by atoms with Gasteiger partial charge in [-0.05, 0) is 43.5 Å². The fourth-order valence-corrected chi connectivity index (χ4v) is 2.77. The number of nitrogens with zero attached hydrogens (tertiary/aromatic N) is 2. The van der Waals surface area contributed by atoms with Gasteiger partial charge in [0.1, 0.15) is 6.33 Å². The number of aromatic amines is 1. The van der Waals surface area contributed by atoms with Crippen LogP contribution in [0.5, 0.6) is 0 Å². The Balaban J connectivity index is 0.00000176. The van der Waals surface area contributed by atoms with Gasteiger partial charge in [0.25, 0.3) is 0 Å². The smallest absolute Gasteiger partial charge is 0.227 e. The molecule has 0 spiro atoms. The van der Waals surface area contributed by atoms with Crippen molar-refractivity contribution < 1.29 is 4.79 Å². The zero-order valence-corrected chi connectivity index (χ0v) is 13.0. The first kappa shape index (κ1) is 16.5. The van der Waals surface area contributed by atoms with Gasteiger partial charge in [0.05, 0.1) is 0 Å². The van der Waals surface area contributed by atoms with Gasteiger partial charge in [-0.2, -0.15) is 5.10 Å². The van der Waals surface area contributed by atoms with Crippen LogP contribution < -0.4 is 11.1 Å². The van der Waals surface area contributed by atoms with E-state index in [2.05, 4.69) is 20.5 Å². The van der Waals surface area contributed by atoms with Crippen LogP contribution >= 0.6 is 12.4 Å². The number of H-pyrrole nitrogens is 1. The molecule has 1 heterocycles. The van der Waals surface area contributed by atoms with Crippen LogP contribution in [0.4, 0.5) is 5.69 Å². The Hall–Kier alpha value is -1.92. The van der Waals surface area contributed by atoms with Gasteiger partial charge in [-0.15, -0.1) is 12.4 Å². The van der Waals surface area contributed by atoms with Gasteiger partial charge < -0.3 is 11.1 Å². The van der Waals surface area contributed by atoms with E-state index in [4.69, 9.17) is 5.73 Å². The molecule has 2 unspecified atom stereocenters. The third-order valence-corrected chi connectivity index (χ3v) is 3.93. The SMILES string of the molecule is Cl.NC1CCCC(C(=O)Nc2ccc(-c3ncn[nH]3)cc2)C1. The summed E-state index contributed by atoms with van der Waals surface area (Å²) in [7, 11) is 0. The minimum absolute atomic E-state index is 0. The van der Waals surface area contributed by atoms with Crippen LogP contribution in [0.3, 0.4) is 0 Å². The van der Waals surface area contributed by atoms with Gasteiger partial charge in [-0.3, -0.25) is 9.89 Å². The van der Waals surface area contributed by atoms with Gasteiger partial charge in [0.2, 0.25) is 5.91 Å². The number of hydrogen-bond donors (Lipinski definition) is 3. The van der Waals surface area contributed by atoms with Crippen molar-refractivity contribution in [3.8, 4) is 11.4 Å². The summed E-state index contributed by atoms with van der Waals surface area (Å²) in [5.41, 5.74) is 7.66. The molecule has 7 heteroatoms. The molecule has 6 nitrogen and oxygen atoms in total. The molecule has 1 aliphatic rings. The fourth-order valence-electron chi connectivity index (χ4n) is 2.77. The molecule has 1 aromatic carbocycles. The van der Waals surface area contributed by atoms with Crippen molar-refractivity contribution in [2.75, 3.05) is 5.32 Å². The lowest BCUT2D eigenvalue weighted by molar-refractivity contribution is -0.120. The number of benzene rings is 1. The zero-order chi connectivity index (χ0) is 14.7. The Morgan fingerprint density at radius 1 is 1.27 bits per heavy atom. The number of nitrogens with two attached hydrogens (primary N) is 1. The van der Waals surface area contributed by atoms with Gasteiger partial charge >= 0.3 is 0 Å². The highest BCUT2D eigenvalue weighted by molar-refractivity contribution is 5.92. The summed E-state index contributed by atoms with van der Waals surface area (Å²) in [6.45, 7) is 0. The molecule has 22 heavy (non-hydrogen) atoms. The molecule has 0 aliphatic heterocycles. The van der Waals surface area contributed by atoms with Crippen molar-refractivity contribution in [1.29, 1.82) is 0 Å². The number of hydrogen-bond acceptors (Lipinski definition) is 4. The fraction of sp³-hybridized carbons (Fsp3) is 0.400. The van der Waals surface area contributed by atoms with E-state index >= 15 is 0 Å². The van der Waals surface area contributed by atoms with E-state index in [-0.39, 0.29) is 30.3 Å². The largest absolute Gasteiger partial charge is 0.328 e. The molecule has 0 radical (unpaired) electrons. The van der Waals surface area contributed by atoms with Gasteiger partial charge in [-0.25, -0.2) is 4.98 Å². The van der Waals surface area contributed by atoms with Crippen LogP contribution in [-0.2, 0) is 4.79 Å². The van der Waals surface area contributed by atoms with Crippen molar-refractivity contribution >= 4 is 24.0 Å². The maximum absolute atomic E-state index is 12.2. The number of amides is 1. The van der Waals surface area contributed by atoms with Crippen LogP contribution in [0.1, 0.15) is 25.7 Å². The number of carbonyl (C=O) groups is 1. The van der Waals surface area contributed by atoms with Crippen molar-refractivity contribution in [2.45, 2.75) is 31.7 Å². The lowest BCUT2D eigenvalue weighted by Gasteiger charge is -2.25. The monoisotopic (exact) mass is 321 g/mol. The Morgan fingerprint density at radius 2 is 2.05 bits per heavy atom. The van der Waals surface area contributed by atoms with E-state index in [1.54, 1.807) is 0 Å². The van der Waals surface area contributed by atoms with Gasteiger partial charge in [-0.1, -0.05) is 6.42 Å². The number of anilines is 1. The van der Waals surface area contributed by atoms with Crippen molar-refractivity contribution in [3.63, 3.8) is 0 Å². The van der Waals surface area contributed by atoms with E-state index in [1.807, 2.05) is 24.3 Å². The topological polar surface area (TPSA) is 96.7 Å². The maximum Gasteiger partial charge on any atom is 0.227 e. The molecule has 0 bridgehead atoms. The second-order valence-electron chi connectivity index (χ2n) is 5.52. The molecule has 1 fully saturated rings. The van der Waals surface area contributed by atoms with Crippen LogP contribution in [0.2, 0.25) is 0 Å². The minimum atomic E-state index is 0. The molecule has 4 N–H and O–H groups in total. The normalized spacial score (nSPS) is 21.0. The standard InChI is InChI=1S/C15H19N5O.ClH/c16-12-3-1-2-11(8-12)15(21)19-13-6-4-10(5-7-13)14-17-9-18-20-14;/h4-7,9,11-12H,1-3,8,16H2,(H,19,21)(H,17,18,20);1H. The summed E-state index contributed by atoms with van der Waals surface area (Å²) >= 11 is 0. The Bertz CT molecular complexity index is 599. The summed E-state index contributed by atoms with van der Waals surface area (Å²) in [4.78, 5) is 16.3. The van der Waals surface area contributed by atoms with E-state index in [1.165, 1.54) is 6.33 Å². The predicted octanol–water partition coefficient (Wildman–Crippen LogP) is 2.35. The Morgan fingerprint density at radius 3 is 2.68 bits per heavy atom. The van der Waals surface area contributed by atoms with Crippen molar-refractivity contribution in [2.24, 2.45) is 11.7 Å². The average molecular weight is 322 g/mol. The summed E-state index contributed by atoms with van der Waals surface area (Å²) in [5.74, 6) is 0.811. The third-order valence-electron chi connectivity index (χ3n) is 3.93. The zero-order valence-electron chi connectivity index (χ0n) is 12.2. The number of nitrogens with one attached hydrogen (secondary N) is 2. The summed E-state index contributed by atoms with van der Waals surface area (Å²) in [6, 6.07) is 7.71. The molecule has 1 aromatic heterocycles. The highest BCUT2D eigenvalue weighted by atomic mass is 35.5. The highest BCUT2D eigenvalue weighted by Crippen LogP contribution is 2.25. The van der Waals surface area contributed by atoms with E-state index in [9.17, 15) is 4.79 Å². The molecule has 1 aliphatic carbocycles. The van der Waals surface area contributed by atoms with Crippen LogP contribution in [-0.4, -0.2) is 27.1 Å². The number of carbonyl (C=O) groups excluding carboxylic acids is 1. The number of aromatic nitrogens is 3. The molecular weight excluding hydrogens is 302 g/mol. The maximum atomic E-state index is 12.2. The number of rotatable bonds is 3. The summed E-state index contributed by atoms with van der Waals surface area (Å²) in [6.07, 6.45) is 5.23. The first-order chi connectivity index (χ1) is 10.2. The predicted molar refractivity (Wildman–Crippen MR) is 87.6 cm³/mol. The summed E-state index contributed by atoms with van der Waals surface area (Å²) in [5, 5.41) is 9.59. The van der Waals surface area contributed by atoms with Crippen LogP contribution in [0.15, 0.2) is 30.6 Å². The quantitative estimate of drug-likeness (QED) is 0.808.